The molecule has 0 bridgehead atoms. The van der Waals surface area contributed by atoms with Gasteiger partial charge in [0.25, 0.3) is 0 Å². The molecule has 0 aliphatic rings. The number of carbonyl (C=O) groups is 2. The van der Waals surface area contributed by atoms with Gasteiger partial charge < -0.3 is 14.4 Å². The van der Waals surface area contributed by atoms with E-state index in [1.54, 1.807) is 32.0 Å². The van der Waals surface area contributed by atoms with Crippen LogP contribution >= 0.6 is 7.75 Å². The van der Waals surface area contributed by atoms with E-state index in [0.29, 0.717) is 0 Å². The molecule has 0 fully saturated rings. The molecule has 1 heterocycles. The van der Waals surface area contributed by atoms with Gasteiger partial charge in [-0.3, -0.25) is 19.1 Å². The number of benzene rings is 1. The second-order valence-electron chi connectivity index (χ2n) is 6.57. The van der Waals surface area contributed by atoms with E-state index in [4.69, 9.17) is 16.5 Å². The van der Waals surface area contributed by atoms with Gasteiger partial charge in [0.15, 0.2) is 6.29 Å². The third-order valence-corrected chi connectivity index (χ3v) is 5.18. The Hall–Kier alpha value is -2.74. The molecule has 1 unspecified atom stereocenters. The average molecular weight is 438 g/mol. The Morgan fingerprint density at radius 3 is 2.60 bits per heavy atom. The van der Waals surface area contributed by atoms with Crippen molar-refractivity contribution in [1.82, 2.24) is 10.1 Å². The average Bonchev–Trinajstić information content (AvgIpc) is 2.69. The Morgan fingerprint density at radius 2 is 2.00 bits per heavy atom. The minimum absolute atomic E-state index is 0.0732. The fraction of sp³-hybridized carbons (Fsp3) is 0.350. The zero-order valence-corrected chi connectivity index (χ0v) is 17.9. The molecule has 1 aromatic carbocycles. The highest BCUT2D eigenvalue weighted by Crippen LogP contribution is 2.46. The third-order valence-electron chi connectivity index (χ3n) is 3.69. The summed E-state index contributed by atoms with van der Waals surface area (Å²) < 4.78 is 45.8. The van der Waals surface area contributed by atoms with Gasteiger partial charge in [-0.25, -0.2) is 4.57 Å². The van der Waals surface area contributed by atoms with E-state index in [0.717, 1.165) is 6.20 Å². The van der Waals surface area contributed by atoms with Crippen LogP contribution in [0.3, 0.4) is 0 Å². The molecule has 2 atom stereocenters. The van der Waals surface area contributed by atoms with E-state index >= 15 is 0 Å². The first-order valence-corrected chi connectivity index (χ1v) is 10.6. The highest BCUT2D eigenvalue weighted by Gasteiger charge is 2.33. The summed E-state index contributed by atoms with van der Waals surface area (Å²) in [6.45, 7) is 3.14. The Labute approximate surface area is 177 Å². The van der Waals surface area contributed by atoms with Crippen LogP contribution in [0.1, 0.15) is 45.1 Å². The number of esters is 1. The molecule has 30 heavy (non-hydrogen) atoms. The van der Waals surface area contributed by atoms with Crippen LogP contribution in [-0.2, 0) is 25.2 Å². The van der Waals surface area contributed by atoms with Crippen LogP contribution in [-0.4, -0.2) is 34.5 Å². The van der Waals surface area contributed by atoms with Gasteiger partial charge in [-0.1, -0.05) is 18.2 Å². The molecule has 0 spiro atoms. The van der Waals surface area contributed by atoms with E-state index in [2.05, 4.69) is 10.1 Å². The van der Waals surface area contributed by atoms with Gasteiger partial charge in [-0.15, -0.1) is 0 Å². The Kier molecular flexibility index (Phi) is 7.07. The SMILES string of the molecule is [2H]C([2H])(OP(=O)(N[C@@H](C)C(=O)OC(C)C)Oc1ccccc1)c1cnc(C)c(O)c1C=O. The number of para-hydroxylation sites is 1. The van der Waals surface area contributed by atoms with Crippen molar-refractivity contribution < 1.29 is 35.8 Å². The van der Waals surface area contributed by atoms with Crippen molar-refractivity contribution in [3.05, 3.63) is 53.3 Å². The van der Waals surface area contributed by atoms with Crippen LogP contribution in [0.4, 0.5) is 0 Å². The first-order chi connectivity index (χ1) is 14.9. The lowest BCUT2D eigenvalue weighted by Crippen LogP contribution is -2.36. The van der Waals surface area contributed by atoms with Crippen molar-refractivity contribution in [3.63, 3.8) is 0 Å². The second kappa shape index (κ2) is 10.3. The zero-order valence-electron chi connectivity index (χ0n) is 19.0. The second-order valence-corrected chi connectivity index (χ2v) is 8.19. The summed E-state index contributed by atoms with van der Waals surface area (Å²) in [5.41, 5.74) is -0.786. The molecule has 2 N–H and O–H groups in total. The maximum absolute atomic E-state index is 13.5. The number of carbonyl (C=O) groups excluding carboxylic acids is 2. The Morgan fingerprint density at radius 1 is 1.33 bits per heavy atom. The Bertz CT molecular complexity index is 1020. The first kappa shape index (κ1) is 20.5. The lowest BCUT2D eigenvalue weighted by atomic mass is 10.1. The number of aromatic hydroxyl groups is 1. The quantitative estimate of drug-likeness (QED) is 0.325. The normalized spacial score (nSPS) is 15.5. The predicted molar refractivity (Wildman–Crippen MR) is 109 cm³/mol. The minimum atomic E-state index is -4.59. The number of rotatable bonds is 10. The lowest BCUT2D eigenvalue weighted by molar-refractivity contribution is -0.149. The fourth-order valence-corrected chi connectivity index (χ4v) is 3.58. The summed E-state index contributed by atoms with van der Waals surface area (Å²) in [7, 11) is -4.59. The number of hydrogen-bond donors (Lipinski definition) is 2. The van der Waals surface area contributed by atoms with E-state index in [-0.39, 0.29) is 17.7 Å². The van der Waals surface area contributed by atoms with Crippen molar-refractivity contribution >= 4 is 20.0 Å². The molecule has 162 valence electrons. The van der Waals surface area contributed by atoms with Gasteiger partial charge in [0, 0.05) is 11.8 Å². The Balaban J connectivity index is 2.43. The monoisotopic (exact) mass is 438 g/mol. The largest absolute Gasteiger partial charge is 0.505 e. The molecule has 0 saturated carbocycles. The summed E-state index contributed by atoms with van der Waals surface area (Å²) in [5, 5.41) is 12.4. The molecule has 0 aliphatic heterocycles. The summed E-state index contributed by atoms with van der Waals surface area (Å²) in [4.78, 5) is 27.5. The molecule has 10 heteroatoms. The molecule has 0 radical (unpaired) electrons. The van der Waals surface area contributed by atoms with Crippen LogP contribution in [0.2, 0.25) is 0 Å². The van der Waals surface area contributed by atoms with Gasteiger partial charge >= 0.3 is 13.7 Å². The molecule has 0 amide bonds. The van der Waals surface area contributed by atoms with Gasteiger partial charge in [0.05, 0.1) is 26.7 Å². The van der Waals surface area contributed by atoms with Gasteiger partial charge in [-0.05, 0) is 39.8 Å². The molecule has 0 aliphatic carbocycles. The lowest BCUT2D eigenvalue weighted by Gasteiger charge is -2.23. The zero-order chi connectivity index (χ0) is 24.1. The smallest absolute Gasteiger partial charge is 0.459 e. The number of aryl methyl sites for hydroxylation is 1. The summed E-state index contributed by atoms with van der Waals surface area (Å²) >= 11 is 0. The summed E-state index contributed by atoms with van der Waals surface area (Å²) in [5.74, 6) is -1.22. The van der Waals surface area contributed by atoms with E-state index in [1.165, 1.54) is 26.0 Å². The van der Waals surface area contributed by atoms with Gasteiger partial charge in [0.1, 0.15) is 17.5 Å². The van der Waals surface area contributed by atoms with E-state index in [9.17, 15) is 19.3 Å². The number of nitrogens with one attached hydrogen (secondary N) is 1. The van der Waals surface area contributed by atoms with Gasteiger partial charge in [0.2, 0.25) is 0 Å². The first-order valence-electron chi connectivity index (χ1n) is 10.1. The van der Waals surface area contributed by atoms with Crippen LogP contribution in [0.15, 0.2) is 36.5 Å². The molecule has 2 rings (SSSR count). The summed E-state index contributed by atoms with van der Waals surface area (Å²) in [6, 6.07) is 6.60. The standard InChI is InChI=1S/C20H25N2O7P/c1-13(2)28-20(25)15(4)22-30(26,29-17-8-6-5-7-9-17)27-12-16-10-21-14(3)19(24)18(16)11-23/h5-11,13,15,24H,12H2,1-4H3,(H,22,26)/t15-,30?/m0/s1/i12D2. The number of nitrogens with zero attached hydrogens (tertiary/aromatic N) is 1. The highest BCUT2D eigenvalue weighted by atomic mass is 31.2. The van der Waals surface area contributed by atoms with Crippen LogP contribution in [0, 0.1) is 6.92 Å². The van der Waals surface area contributed by atoms with Crippen molar-refractivity contribution in [2.45, 2.75) is 46.4 Å². The maximum Gasteiger partial charge on any atom is 0.459 e. The van der Waals surface area contributed by atoms with Gasteiger partial charge in [-0.2, -0.15) is 5.09 Å². The van der Waals surface area contributed by atoms with Crippen molar-refractivity contribution in [3.8, 4) is 11.5 Å². The molecular weight excluding hydrogens is 411 g/mol. The topological polar surface area (TPSA) is 124 Å². The molecular formula is C20H25N2O7P. The predicted octanol–water partition coefficient (Wildman–Crippen LogP) is 3.54. The number of ether oxygens (including phenoxy) is 1. The van der Waals surface area contributed by atoms with Crippen LogP contribution in [0.5, 0.6) is 11.5 Å². The van der Waals surface area contributed by atoms with Crippen LogP contribution < -0.4 is 9.61 Å². The molecule has 9 nitrogen and oxygen atoms in total. The highest BCUT2D eigenvalue weighted by molar-refractivity contribution is 7.52. The van der Waals surface area contributed by atoms with E-state index in [1.807, 2.05) is 0 Å². The maximum atomic E-state index is 13.5. The van der Waals surface area contributed by atoms with Crippen molar-refractivity contribution in [2.24, 2.45) is 0 Å². The summed E-state index contributed by atoms with van der Waals surface area (Å²) in [6.07, 6.45) is 0.784. The number of aromatic nitrogens is 1. The fourth-order valence-electron chi connectivity index (χ4n) is 2.24. The number of aldehydes is 1. The number of hydrogen-bond acceptors (Lipinski definition) is 8. The minimum Gasteiger partial charge on any atom is -0.505 e. The van der Waals surface area contributed by atoms with Crippen molar-refractivity contribution in [2.75, 3.05) is 0 Å². The third kappa shape index (κ3) is 6.38. The molecule has 1 aromatic heterocycles. The van der Waals surface area contributed by atoms with E-state index < -0.39 is 49.3 Å². The van der Waals surface area contributed by atoms with Crippen molar-refractivity contribution in [1.29, 1.82) is 0 Å². The number of pyridine rings is 1. The molecule has 0 saturated heterocycles. The molecule has 2 aromatic rings. The van der Waals surface area contributed by atoms with Crippen LogP contribution in [0.25, 0.3) is 0 Å².